The van der Waals surface area contributed by atoms with Crippen molar-refractivity contribution in [1.82, 2.24) is 0 Å². The van der Waals surface area contributed by atoms with Crippen LogP contribution < -0.4 is 0 Å². The van der Waals surface area contributed by atoms with E-state index in [1.165, 1.54) is 0 Å². The largest absolute Gasteiger partial charge is 0.370 e. The van der Waals surface area contributed by atoms with Gasteiger partial charge in [0, 0.05) is 13.0 Å². The summed E-state index contributed by atoms with van der Waals surface area (Å²) >= 11 is 0. The highest BCUT2D eigenvalue weighted by molar-refractivity contribution is 5.84. The van der Waals surface area contributed by atoms with E-state index in [2.05, 4.69) is 48.5 Å². The van der Waals surface area contributed by atoms with Gasteiger partial charge in [0.15, 0.2) is 5.78 Å². The van der Waals surface area contributed by atoms with Gasteiger partial charge in [0.1, 0.15) is 6.10 Å². The quantitative estimate of drug-likeness (QED) is 0.714. The number of carbonyl (C=O) groups excluding carboxylic acids is 1. The van der Waals surface area contributed by atoms with Gasteiger partial charge >= 0.3 is 0 Å². The van der Waals surface area contributed by atoms with Crippen LogP contribution in [0.15, 0.2) is 0 Å². The van der Waals surface area contributed by atoms with Crippen LogP contribution >= 0.6 is 0 Å². The minimum Gasteiger partial charge on any atom is -0.370 e. The van der Waals surface area contributed by atoms with Crippen LogP contribution in [0.5, 0.6) is 0 Å². The Morgan fingerprint density at radius 1 is 1.12 bits per heavy atom. The summed E-state index contributed by atoms with van der Waals surface area (Å²) in [6.07, 6.45) is 1.26. The first-order valence-electron chi connectivity index (χ1n) is 6.22. The van der Waals surface area contributed by atoms with Gasteiger partial charge in [-0.1, -0.05) is 48.5 Å². The molecule has 0 aliphatic heterocycles. The lowest BCUT2D eigenvalue weighted by Gasteiger charge is -2.31. The highest BCUT2D eigenvalue weighted by atomic mass is 16.5. The molecule has 0 aromatic carbocycles. The van der Waals surface area contributed by atoms with E-state index in [1.807, 2.05) is 0 Å². The predicted octanol–water partition coefficient (Wildman–Crippen LogP) is 3.83. The van der Waals surface area contributed by atoms with E-state index in [0.717, 1.165) is 6.42 Å². The van der Waals surface area contributed by atoms with Crippen molar-refractivity contribution in [2.24, 2.45) is 10.8 Å². The number of ether oxygens (including phenoxy) is 1. The predicted molar refractivity (Wildman–Crippen MR) is 68.6 cm³/mol. The van der Waals surface area contributed by atoms with Gasteiger partial charge in [0.2, 0.25) is 0 Å². The SMILES string of the molecule is CCCOC(C(=O)CC(C)(C)C)C(C)(C)C. The molecule has 0 aromatic rings. The van der Waals surface area contributed by atoms with Crippen LogP contribution in [0, 0.1) is 10.8 Å². The molecular weight excluding hydrogens is 200 g/mol. The maximum Gasteiger partial charge on any atom is 0.162 e. The van der Waals surface area contributed by atoms with Gasteiger partial charge in [0.25, 0.3) is 0 Å². The Hall–Kier alpha value is -0.370. The van der Waals surface area contributed by atoms with Crippen molar-refractivity contribution in [2.75, 3.05) is 6.61 Å². The van der Waals surface area contributed by atoms with Crippen LogP contribution in [0.1, 0.15) is 61.3 Å². The molecule has 16 heavy (non-hydrogen) atoms. The summed E-state index contributed by atoms with van der Waals surface area (Å²) in [4.78, 5) is 12.2. The van der Waals surface area contributed by atoms with Crippen molar-refractivity contribution in [3.8, 4) is 0 Å². The van der Waals surface area contributed by atoms with Crippen LogP contribution in [0.4, 0.5) is 0 Å². The summed E-state index contributed by atoms with van der Waals surface area (Å²) in [6.45, 7) is 15.2. The fraction of sp³-hybridized carbons (Fsp3) is 0.929. The third-order valence-electron chi connectivity index (χ3n) is 2.27. The van der Waals surface area contributed by atoms with Crippen molar-refractivity contribution in [2.45, 2.75) is 67.4 Å². The highest BCUT2D eigenvalue weighted by Gasteiger charge is 2.33. The lowest BCUT2D eigenvalue weighted by atomic mass is 9.80. The number of hydrogen-bond acceptors (Lipinski definition) is 2. The molecule has 96 valence electrons. The average molecular weight is 228 g/mol. The van der Waals surface area contributed by atoms with Crippen LogP contribution in [-0.2, 0) is 9.53 Å². The second-order valence-electron chi connectivity index (χ2n) is 6.82. The molecule has 0 fully saturated rings. The standard InChI is InChI=1S/C14H28O2/c1-8-9-16-12(14(5,6)7)11(15)10-13(2,3)4/h12H,8-10H2,1-7H3. The Morgan fingerprint density at radius 2 is 1.62 bits per heavy atom. The molecule has 0 aromatic heterocycles. The zero-order valence-corrected chi connectivity index (χ0v) is 12.0. The Bertz CT molecular complexity index is 218. The van der Waals surface area contributed by atoms with E-state index >= 15 is 0 Å². The average Bonchev–Trinajstić information content (AvgIpc) is 1.98. The van der Waals surface area contributed by atoms with Crippen molar-refractivity contribution in [1.29, 1.82) is 0 Å². The van der Waals surface area contributed by atoms with Gasteiger partial charge in [-0.25, -0.2) is 0 Å². The molecule has 2 heteroatoms. The summed E-state index contributed by atoms with van der Waals surface area (Å²) in [5, 5.41) is 0. The summed E-state index contributed by atoms with van der Waals surface area (Å²) in [5.41, 5.74) is -0.0757. The number of carbonyl (C=O) groups is 1. The molecule has 0 saturated carbocycles. The molecule has 0 heterocycles. The van der Waals surface area contributed by atoms with Gasteiger partial charge < -0.3 is 4.74 Å². The highest BCUT2D eigenvalue weighted by Crippen LogP contribution is 2.28. The Kier molecular flexibility index (Phi) is 5.67. The fourth-order valence-electron chi connectivity index (χ4n) is 1.68. The molecule has 0 rings (SSSR count). The second kappa shape index (κ2) is 5.81. The lowest BCUT2D eigenvalue weighted by molar-refractivity contribution is -0.139. The molecule has 0 amide bonds. The Balaban J connectivity index is 4.58. The first-order chi connectivity index (χ1) is 7.08. The number of rotatable bonds is 5. The Labute approximate surface area is 101 Å². The molecule has 1 unspecified atom stereocenters. The van der Waals surface area contributed by atoms with E-state index in [9.17, 15) is 4.79 Å². The number of ketones is 1. The molecule has 0 aliphatic carbocycles. The topological polar surface area (TPSA) is 26.3 Å². The normalized spacial score (nSPS) is 14.9. The molecule has 0 aliphatic rings. The van der Waals surface area contributed by atoms with E-state index < -0.39 is 0 Å². The summed E-state index contributed by atoms with van der Waals surface area (Å²) < 4.78 is 5.71. The van der Waals surface area contributed by atoms with E-state index in [0.29, 0.717) is 13.0 Å². The zero-order valence-electron chi connectivity index (χ0n) is 12.0. The van der Waals surface area contributed by atoms with Gasteiger partial charge in [-0.15, -0.1) is 0 Å². The van der Waals surface area contributed by atoms with Crippen LogP contribution in [0.2, 0.25) is 0 Å². The second-order valence-corrected chi connectivity index (χ2v) is 6.82. The monoisotopic (exact) mass is 228 g/mol. The van der Waals surface area contributed by atoms with Gasteiger partial charge in [-0.05, 0) is 17.3 Å². The molecule has 0 radical (unpaired) electrons. The van der Waals surface area contributed by atoms with Gasteiger partial charge in [-0.2, -0.15) is 0 Å². The minimum atomic E-state index is -0.272. The molecule has 0 saturated heterocycles. The Morgan fingerprint density at radius 3 is 1.94 bits per heavy atom. The fourth-order valence-corrected chi connectivity index (χ4v) is 1.68. The molecule has 1 atom stereocenters. The van der Waals surface area contributed by atoms with E-state index in [4.69, 9.17) is 4.74 Å². The number of hydrogen-bond donors (Lipinski definition) is 0. The van der Waals surface area contributed by atoms with Crippen LogP contribution in [0.25, 0.3) is 0 Å². The molecular formula is C14H28O2. The first-order valence-corrected chi connectivity index (χ1v) is 6.22. The van der Waals surface area contributed by atoms with Crippen LogP contribution in [-0.4, -0.2) is 18.5 Å². The van der Waals surface area contributed by atoms with E-state index in [1.54, 1.807) is 0 Å². The number of Topliss-reactive ketones (excluding diaryl/α,β-unsaturated/α-hetero) is 1. The lowest BCUT2D eigenvalue weighted by Crippen LogP contribution is -2.38. The maximum absolute atomic E-state index is 12.2. The smallest absolute Gasteiger partial charge is 0.162 e. The molecule has 2 nitrogen and oxygen atoms in total. The van der Waals surface area contributed by atoms with Crippen molar-refractivity contribution in [3.05, 3.63) is 0 Å². The third-order valence-corrected chi connectivity index (χ3v) is 2.27. The maximum atomic E-state index is 12.2. The van der Waals surface area contributed by atoms with Crippen LogP contribution in [0.3, 0.4) is 0 Å². The van der Waals surface area contributed by atoms with E-state index in [-0.39, 0.29) is 22.7 Å². The minimum absolute atomic E-state index is 0.0379. The van der Waals surface area contributed by atoms with Crippen molar-refractivity contribution < 1.29 is 9.53 Å². The van der Waals surface area contributed by atoms with Gasteiger partial charge in [-0.3, -0.25) is 4.79 Å². The van der Waals surface area contributed by atoms with Crippen molar-refractivity contribution in [3.63, 3.8) is 0 Å². The zero-order chi connectivity index (χ0) is 13.0. The summed E-state index contributed by atoms with van der Waals surface area (Å²) in [6, 6.07) is 0. The van der Waals surface area contributed by atoms with Crippen molar-refractivity contribution >= 4 is 5.78 Å². The summed E-state index contributed by atoms with van der Waals surface area (Å²) in [5.74, 6) is 0.230. The third kappa shape index (κ3) is 6.26. The molecule has 0 bridgehead atoms. The first kappa shape index (κ1) is 15.6. The molecule has 0 spiro atoms. The van der Waals surface area contributed by atoms with Gasteiger partial charge in [0.05, 0.1) is 0 Å². The summed E-state index contributed by atoms with van der Waals surface area (Å²) in [7, 11) is 0. The molecule has 0 N–H and O–H groups in total.